The first-order chi connectivity index (χ1) is 9.81. The predicted molar refractivity (Wildman–Crippen MR) is 79.9 cm³/mol. The summed E-state index contributed by atoms with van der Waals surface area (Å²) >= 11 is 0. The summed E-state index contributed by atoms with van der Waals surface area (Å²) in [6, 6.07) is -0.846. The van der Waals surface area contributed by atoms with Crippen molar-refractivity contribution in [2.45, 2.75) is 71.8 Å². The number of aliphatic carboxylic acids is 1. The van der Waals surface area contributed by atoms with E-state index in [4.69, 9.17) is 0 Å². The van der Waals surface area contributed by atoms with E-state index >= 15 is 0 Å². The normalized spacial score (nSPS) is 19.4. The van der Waals surface area contributed by atoms with Crippen molar-refractivity contribution in [2.24, 2.45) is 5.41 Å². The third-order valence-corrected chi connectivity index (χ3v) is 4.26. The lowest BCUT2D eigenvalue weighted by Gasteiger charge is -2.34. The number of rotatable bonds is 7. The van der Waals surface area contributed by atoms with Crippen molar-refractivity contribution in [2.75, 3.05) is 6.54 Å². The van der Waals surface area contributed by atoms with Crippen molar-refractivity contribution in [3.8, 4) is 0 Å². The van der Waals surface area contributed by atoms with Gasteiger partial charge in [0.25, 0.3) is 5.91 Å². The van der Waals surface area contributed by atoms with Crippen molar-refractivity contribution >= 4 is 17.7 Å². The summed E-state index contributed by atoms with van der Waals surface area (Å²) in [7, 11) is 0. The van der Waals surface area contributed by atoms with Crippen LogP contribution in [0.2, 0.25) is 0 Å². The highest BCUT2D eigenvalue weighted by molar-refractivity contribution is 6.38. The number of unbranched alkanes of at least 4 members (excludes halogenated alkanes) is 2. The predicted octanol–water partition coefficient (Wildman–Crippen LogP) is 2.63. The van der Waals surface area contributed by atoms with E-state index < -0.39 is 29.1 Å². The molecular weight excluding hydrogens is 270 g/mol. The number of carboxylic acid groups (broad SMARTS) is 1. The highest BCUT2D eigenvalue weighted by Crippen LogP contribution is 2.27. The number of carbonyl (C=O) groups is 3. The fraction of sp³-hybridized carbons (Fsp3) is 0.812. The van der Waals surface area contributed by atoms with Crippen LogP contribution >= 0.6 is 0 Å². The number of Topliss-reactive ketones (excluding diaryl/α,β-unsaturated/α-hetero) is 1. The van der Waals surface area contributed by atoms with Crippen LogP contribution in [0, 0.1) is 5.41 Å². The molecule has 0 aromatic rings. The molecule has 0 spiro atoms. The summed E-state index contributed by atoms with van der Waals surface area (Å²) in [5, 5.41) is 9.21. The van der Waals surface area contributed by atoms with Crippen molar-refractivity contribution < 1.29 is 19.5 Å². The van der Waals surface area contributed by atoms with Gasteiger partial charge in [0.15, 0.2) is 0 Å². The number of hydrogen-bond donors (Lipinski definition) is 1. The Balaban J connectivity index is 2.75. The molecule has 0 unspecified atom stereocenters. The first-order valence-corrected chi connectivity index (χ1v) is 7.89. The van der Waals surface area contributed by atoms with Gasteiger partial charge in [-0.25, -0.2) is 4.79 Å². The van der Waals surface area contributed by atoms with E-state index in [1.54, 1.807) is 13.8 Å². The van der Waals surface area contributed by atoms with E-state index in [1.807, 2.05) is 0 Å². The van der Waals surface area contributed by atoms with Gasteiger partial charge in [0, 0.05) is 12.0 Å². The van der Waals surface area contributed by atoms with Crippen molar-refractivity contribution in [1.82, 2.24) is 4.90 Å². The van der Waals surface area contributed by atoms with Crippen LogP contribution in [-0.4, -0.2) is 40.3 Å². The van der Waals surface area contributed by atoms with Crippen molar-refractivity contribution in [3.05, 3.63) is 0 Å². The number of carbonyl (C=O) groups excluding carboxylic acids is 2. The molecule has 0 saturated carbocycles. The molecule has 1 amide bonds. The summed E-state index contributed by atoms with van der Waals surface area (Å²) in [6.45, 7) is 6.02. The number of carboxylic acids is 1. The Morgan fingerprint density at radius 1 is 1.19 bits per heavy atom. The second kappa shape index (κ2) is 7.57. The second-order valence-electron chi connectivity index (χ2n) is 6.52. The fourth-order valence-corrected chi connectivity index (χ4v) is 2.78. The molecule has 0 radical (unpaired) electrons. The standard InChI is InChI=1S/C16H27NO4/c1-4-5-7-10-16(2,3)13(18)14(19)17-11-8-6-9-12(17)15(20)21/h12H,4-11H2,1-3H3,(H,20,21)/t12-/m0/s1. The summed E-state index contributed by atoms with van der Waals surface area (Å²) in [6.07, 6.45) is 5.65. The molecule has 1 rings (SSSR count). The summed E-state index contributed by atoms with van der Waals surface area (Å²) < 4.78 is 0. The number of piperidine rings is 1. The maximum absolute atomic E-state index is 12.4. The van der Waals surface area contributed by atoms with Gasteiger partial charge in [-0.1, -0.05) is 40.0 Å². The topological polar surface area (TPSA) is 74.7 Å². The molecule has 1 heterocycles. The lowest BCUT2D eigenvalue weighted by atomic mass is 9.81. The number of nitrogens with zero attached hydrogens (tertiary/aromatic N) is 1. The van der Waals surface area contributed by atoms with Crippen molar-refractivity contribution in [1.29, 1.82) is 0 Å². The lowest BCUT2D eigenvalue weighted by Crippen LogP contribution is -2.52. The van der Waals surface area contributed by atoms with E-state index in [-0.39, 0.29) is 0 Å². The minimum Gasteiger partial charge on any atom is -0.480 e. The van der Waals surface area contributed by atoms with E-state index in [2.05, 4.69) is 6.92 Å². The van der Waals surface area contributed by atoms with Crippen LogP contribution in [-0.2, 0) is 14.4 Å². The molecule has 1 saturated heterocycles. The lowest BCUT2D eigenvalue weighted by molar-refractivity contribution is -0.158. The molecule has 120 valence electrons. The van der Waals surface area contributed by atoms with Gasteiger partial charge in [-0.15, -0.1) is 0 Å². The minimum absolute atomic E-state index is 0.368. The van der Waals surface area contributed by atoms with E-state index in [0.717, 1.165) is 32.1 Å². The monoisotopic (exact) mass is 297 g/mol. The molecule has 0 aromatic carbocycles. The van der Waals surface area contributed by atoms with Crippen molar-refractivity contribution in [3.63, 3.8) is 0 Å². The van der Waals surface area contributed by atoms with Crippen LogP contribution in [0.3, 0.4) is 0 Å². The molecule has 5 nitrogen and oxygen atoms in total. The number of ketones is 1. The fourth-order valence-electron chi connectivity index (χ4n) is 2.78. The second-order valence-corrected chi connectivity index (χ2v) is 6.52. The van der Waals surface area contributed by atoms with Crippen LogP contribution in [0.1, 0.15) is 65.7 Å². The maximum atomic E-state index is 12.4. The SMILES string of the molecule is CCCCCC(C)(C)C(=O)C(=O)N1CCCC[C@H]1C(=O)O. The highest BCUT2D eigenvalue weighted by atomic mass is 16.4. The first-order valence-electron chi connectivity index (χ1n) is 7.89. The quantitative estimate of drug-likeness (QED) is 0.579. The average molecular weight is 297 g/mol. The van der Waals surface area contributed by atoms with Crippen LogP contribution in [0.25, 0.3) is 0 Å². The Labute approximate surface area is 126 Å². The summed E-state index contributed by atoms with van der Waals surface area (Å²) in [5.74, 6) is -2.09. The molecule has 5 heteroatoms. The van der Waals surface area contributed by atoms with Gasteiger partial charge in [0.05, 0.1) is 0 Å². The molecule has 1 aliphatic rings. The largest absolute Gasteiger partial charge is 0.480 e. The first kappa shape index (κ1) is 17.7. The Morgan fingerprint density at radius 3 is 2.43 bits per heavy atom. The average Bonchev–Trinajstić information content (AvgIpc) is 2.45. The number of likely N-dealkylation sites (tertiary alicyclic amines) is 1. The van der Waals surface area contributed by atoms with E-state index in [9.17, 15) is 19.5 Å². The molecule has 0 bridgehead atoms. The Kier molecular flexibility index (Phi) is 6.37. The van der Waals surface area contributed by atoms with Gasteiger partial charge in [0.2, 0.25) is 5.78 Å². The maximum Gasteiger partial charge on any atom is 0.326 e. The van der Waals surface area contributed by atoms with Crippen LogP contribution in [0.5, 0.6) is 0 Å². The Hall–Kier alpha value is -1.39. The molecule has 0 aliphatic carbocycles. The van der Waals surface area contributed by atoms with Crippen LogP contribution in [0.15, 0.2) is 0 Å². The van der Waals surface area contributed by atoms with Gasteiger partial charge in [-0.05, 0) is 25.7 Å². The van der Waals surface area contributed by atoms with Gasteiger partial charge in [-0.3, -0.25) is 9.59 Å². The van der Waals surface area contributed by atoms with Gasteiger partial charge >= 0.3 is 5.97 Å². The molecule has 1 N–H and O–H groups in total. The highest BCUT2D eigenvalue weighted by Gasteiger charge is 2.40. The molecule has 1 fully saturated rings. The molecule has 21 heavy (non-hydrogen) atoms. The van der Waals surface area contributed by atoms with E-state index in [0.29, 0.717) is 19.4 Å². The van der Waals surface area contributed by atoms with Crippen LogP contribution in [0.4, 0.5) is 0 Å². The number of amides is 1. The molecule has 0 aromatic heterocycles. The van der Waals surface area contributed by atoms with Crippen LogP contribution < -0.4 is 0 Å². The third-order valence-electron chi connectivity index (χ3n) is 4.26. The zero-order valence-corrected chi connectivity index (χ0v) is 13.4. The number of hydrogen-bond acceptors (Lipinski definition) is 3. The molecular formula is C16H27NO4. The summed E-state index contributed by atoms with van der Waals surface area (Å²) in [5.41, 5.74) is -0.716. The van der Waals surface area contributed by atoms with Gasteiger partial charge < -0.3 is 10.0 Å². The molecule has 1 atom stereocenters. The minimum atomic E-state index is -1.01. The summed E-state index contributed by atoms with van der Waals surface area (Å²) in [4.78, 5) is 37.4. The van der Waals surface area contributed by atoms with Gasteiger partial charge in [-0.2, -0.15) is 0 Å². The smallest absolute Gasteiger partial charge is 0.326 e. The zero-order valence-electron chi connectivity index (χ0n) is 13.4. The van der Waals surface area contributed by atoms with E-state index in [1.165, 1.54) is 4.90 Å². The van der Waals surface area contributed by atoms with Gasteiger partial charge in [0.1, 0.15) is 6.04 Å². The third kappa shape index (κ3) is 4.55. The zero-order chi connectivity index (χ0) is 16.0. The Bertz CT molecular complexity index is 403. The Morgan fingerprint density at radius 2 is 1.86 bits per heavy atom. The molecule has 1 aliphatic heterocycles.